The smallest absolute Gasteiger partial charge is 0.123 e. The number of nitrogens with two attached hydrogens (primary N) is 1. The van der Waals surface area contributed by atoms with E-state index in [0.717, 1.165) is 17.9 Å². The zero-order chi connectivity index (χ0) is 13.8. The highest BCUT2D eigenvalue weighted by molar-refractivity contribution is 5.32. The third-order valence-corrected chi connectivity index (χ3v) is 3.30. The molecule has 0 aliphatic heterocycles. The average molecular weight is 262 g/mol. The summed E-state index contributed by atoms with van der Waals surface area (Å²) in [5.74, 6) is -0.244. The quantitative estimate of drug-likeness (QED) is 0.893. The largest absolute Gasteiger partial charge is 0.329 e. The van der Waals surface area contributed by atoms with Crippen LogP contribution in [0.3, 0.4) is 0 Å². The van der Waals surface area contributed by atoms with E-state index in [9.17, 15) is 4.39 Å². The highest BCUT2D eigenvalue weighted by Gasteiger charge is 2.11. The number of aromatic nitrogens is 2. The lowest BCUT2D eigenvalue weighted by Crippen LogP contribution is -2.35. The first-order chi connectivity index (χ1) is 9.11. The Hall–Kier alpha value is -1.72. The van der Waals surface area contributed by atoms with Crippen LogP contribution in [0.2, 0.25) is 0 Å². The Morgan fingerprint density at radius 3 is 2.63 bits per heavy atom. The molecule has 1 aromatic carbocycles. The minimum Gasteiger partial charge on any atom is -0.329 e. The maximum atomic E-state index is 12.9. The Labute approximate surface area is 112 Å². The predicted octanol–water partition coefficient (Wildman–Crippen LogP) is 1.79. The minimum atomic E-state index is -0.244. The van der Waals surface area contributed by atoms with Gasteiger partial charge in [0, 0.05) is 25.3 Å². The number of halogens is 1. The van der Waals surface area contributed by atoms with Gasteiger partial charge in [-0.05, 0) is 44.3 Å². The Balaban J connectivity index is 2.20. The zero-order valence-electron chi connectivity index (χ0n) is 11.3. The summed E-state index contributed by atoms with van der Waals surface area (Å²) in [6.45, 7) is 3.44. The molecule has 0 spiro atoms. The van der Waals surface area contributed by atoms with E-state index < -0.39 is 0 Å². The van der Waals surface area contributed by atoms with Crippen LogP contribution in [0.4, 0.5) is 4.39 Å². The van der Waals surface area contributed by atoms with Gasteiger partial charge in [-0.25, -0.2) is 9.07 Å². The van der Waals surface area contributed by atoms with Crippen molar-refractivity contribution in [2.24, 2.45) is 5.73 Å². The summed E-state index contributed by atoms with van der Waals surface area (Å²) in [4.78, 5) is 2.16. The molecule has 0 bridgehead atoms. The van der Waals surface area contributed by atoms with Crippen molar-refractivity contribution in [3.63, 3.8) is 0 Å². The Bertz CT molecular complexity index is 520. The van der Waals surface area contributed by atoms with E-state index in [0.29, 0.717) is 12.6 Å². The normalized spacial score (nSPS) is 12.9. The molecule has 4 nitrogen and oxygen atoms in total. The molecule has 0 amide bonds. The van der Waals surface area contributed by atoms with E-state index in [2.05, 4.69) is 16.9 Å². The number of likely N-dealkylation sites (N-methyl/N-ethyl adjacent to an activating group) is 1. The van der Waals surface area contributed by atoms with Crippen LogP contribution in [0.1, 0.15) is 12.6 Å². The van der Waals surface area contributed by atoms with Crippen molar-refractivity contribution < 1.29 is 4.39 Å². The van der Waals surface area contributed by atoms with Crippen molar-refractivity contribution in [1.29, 1.82) is 0 Å². The van der Waals surface area contributed by atoms with Crippen LogP contribution in [-0.4, -0.2) is 34.3 Å². The standard InChI is InChI=1S/C14H19FN4/c1-11(9-16)18(2)10-14-7-8-17-19(14)13-5-3-12(15)4-6-13/h3-8,11H,9-10,16H2,1-2H3. The summed E-state index contributed by atoms with van der Waals surface area (Å²) >= 11 is 0. The second kappa shape index (κ2) is 5.95. The fourth-order valence-electron chi connectivity index (χ4n) is 1.86. The fourth-order valence-corrected chi connectivity index (χ4v) is 1.86. The fraction of sp³-hybridized carbons (Fsp3) is 0.357. The molecule has 0 fully saturated rings. The molecular weight excluding hydrogens is 243 g/mol. The zero-order valence-corrected chi connectivity index (χ0v) is 11.3. The first-order valence-corrected chi connectivity index (χ1v) is 6.31. The van der Waals surface area contributed by atoms with Crippen molar-refractivity contribution in [3.05, 3.63) is 48.0 Å². The van der Waals surface area contributed by atoms with E-state index >= 15 is 0 Å². The Kier molecular flexibility index (Phi) is 4.29. The molecule has 2 aromatic rings. The molecule has 1 aromatic heterocycles. The number of hydrogen-bond acceptors (Lipinski definition) is 3. The number of hydrogen-bond donors (Lipinski definition) is 1. The van der Waals surface area contributed by atoms with Gasteiger partial charge in [-0.15, -0.1) is 0 Å². The average Bonchev–Trinajstić information content (AvgIpc) is 2.86. The molecule has 0 aliphatic rings. The molecule has 1 atom stereocenters. The third-order valence-electron chi connectivity index (χ3n) is 3.30. The van der Waals surface area contributed by atoms with Crippen LogP contribution >= 0.6 is 0 Å². The van der Waals surface area contributed by atoms with Crippen LogP contribution in [0.15, 0.2) is 36.5 Å². The van der Waals surface area contributed by atoms with E-state index in [1.807, 2.05) is 17.8 Å². The monoisotopic (exact) mass is 262 g/mol. The summed E-state index contributed by atoms with van der Waals surface area (Å²) in [5, 5.41) is 4.29. The summed E-state index contributed by atoms with van der Waals surface area (Å²) in [5.41, 5.74) is 7.57. The van der Waals surface area contributed by atoms with Crippen molar-refractivity contribution in [2.45, 2.75) is 19.5 Å². The lowest BCUT2D eigenvalue weighted by atomic mass is 10.2. The number of benzene rings is 1. The van der Waals surface area contributed by atoms with E-state index in [1.54, 1.807) is 18.3 Å². The lowest BCUT2D eigenvalue weighted by molar-refractivity contribution is 0.250. The van der Waals surface area contributed by atoms with Crippen LogP contribution in [0, 0.1) is 5.82 Å². The number of nitrogens with zero attached hydrogens (tertiary/aromatic N) is 3. The van der Waals surface area contributed by atoms with Gasteiger partial charge >= 0.3 is 0 Å². The van der Waals surface area contributed by atoms with Crippen molar-refractivity contribution in [3.8, 4) is 5.69 Å². The molecule has 0 aliphatic carbocycles. The molecule has 0 saturated heterocycles. The van der Waals surface area contributed by atoms with Gasteiger partial charge in [-0.2, -0.15) is 5.10 Å². The Morgan fingerprint density at radius 2 is 2.00 bits per heavy atom. The van der Waals surface area contributed by atoms with Gasteiger partial charge in [-0.3, -0.25) is 4.90 Å². The summed E-state index contributed by atoms with van der Waals surface area (Å²) in [6, 6.07) is 8.58. The van der Waals surface area contributed by atoms with E-state index in [4.69, 9.17) is 5.73 Å². The topological polar surface area (TPSA) is 47.1 Å². The van der Waals surface area contributed by atoms with Crippen LogP contribution in [0.25, 0.3) is 5.69 Å². The van der Waals surface area contributed by atoms with Gasteiger partial charge in [0.1, 0.15) is 5.82 Å². The maximum Gasteiger partial charge on any atom is 0.123 e. The number of rotatable bonds is 5. The summed E-state index contributed by atoms with van der Waals surface area (Å²) < 4.78 is 14.8. The Morgan fingerprint density at radius 1 is 1.32 bits per heavy atom. The first-order valence-electron chi connectivity index (χ1n) is 6.31. The van der Waals surface area contributed by atoms with Gasteiger partial charge in [0.25, 0.3) is 0 Å². The third kappa shape index (κ3) is 3.19. The van der Waals surface area contributed by atoms with Crippen LogP contribution < -0.4 is 5.73 Å². The molecule has 2 N–H and O–H groups in total. The second-order valence-corrected chi connectivity index (χ2v) is 4.71. The van der Waals surface area contributed by atoms with Gasteiger partial charge < -0.3 is 5.73 Å². The summed E-state index contributed by atoms with van der Waals surface area (Å²) in [6.07, 6.45) is 1.75. The highest BCUT2D eigenvalue weighted by atomic mass is 19.1. The molecular formula is C14H19FN4. The molecule has 19 heavy (non-hydrogen) atoms. The minimum absolute atomic E-state index is 0.244. The van der Waals surface area contributed by atoms with E-state index in [1.165, 1.54) is 12.1 Å². The van der Waals surface area contributed by atoms with Crippen molar-refractivity contribution in [1.82, 2.24) is 14.7 Å². The van der Waals surface area contributed by atoms with Gasteiger partial charge in [0.2, 0.25) is 0 Å². The molecule has 0 radical (unpaired) electrons. The maximum absolute atomic E-state index is 12.9. The highest BCUT2D eigenvalue weighted by Crippen LogP contribution is 2.13. The molecule has 1 heterocycles. The lowest BCUT2D eigenvalue weighted by Gasteiger charge is -2.23. The van der Waals surface area contributed by atoms with Gasteiger partial charge in [0.05, 0.1) is 11.4 Å². The van der Waals surface area contributed by atoms with Gasteiger partial charge in [-0.1, -0.05) is 0 Å². The second-order valence-electron chi connectivity index (χ2n) is 4.71. The van der Waals surface area contributed by atoms with Crippen molar-refractivity contribution in [2.75, 3.05) is 13.6 Å². The predicted molar refractivity (Wildman–Crippen MR) is 73.5 cm³/mol. The van der Waals surface area contributed by atoms with E-state index in [-0.39, 0.29) is 5.82 Å². The van der Waals surface area contributed by atoms with Crippen LogP contribution in [-0.2, 0) is 6.54 Å². The first kappa shape index (κ1) is 13.7. The molecule has 1 unspecified atom stereocenters. The van der Waals surface area contributed by atoms with Gasteiger partial charge in [0.15, 0.2) is 0 Å². The molecule has 102 valence electrons. The summed E-state index contributed by atoms with van der Waals surface area (Å²) in [7, 11) is 2.03. The SMILES string of the molecule is CC(CN)N(C)Cc1ccnn1-c1ccc(F)cc1. The van der Waals surface area contributed by atoms with Crippen molar-refractivity contribution >= 4 is 0 Å². The van der Waals surface area contributed by atoms with Crippen LogP contribution in [0.5, 0.6) is 0 Å². The molecule has 0 saturated carbocycles. The molecule has 5 heteroatoms. The molecule has 2 rings (SSSR count).